The summed E-state index contributed by atoms with van der Waals surface area (Å²) < 4.78 is 13.0. The molecule has 1 saturated heterocycles. The van der Waals surface area contributed by atoms with Crippen molar-refractivity contribution in [3.63, 3.8) is 0 Å². The average molecular weight is 365 g/mol. The molecule has 0 radical (unpaired) electrons. The van der Waals surface area contributed by atoms with E-state index in [9.17, 15) is 14.0 Å². The zero-order valence-corrected chi connectivity index (χ0v) is 15.4. The first-order chi connectivity index (χ1) is 13.1. The third kappa shape index (κ3) is 3.86. The lowest BCUT2D eigenvalue weighted by atomic mass is 9.88. The molecule has 4 rings (SSSR count). The van der Waals surface area contributed by atoms with E-state index in [1.807, 2.05) is 18.2 Å². The van der Waals surface area contributed by atoms with Gasteiger partial charge in [-0.2, -0.15) is 0 Å². The molecule has 27 heavy (non-hydrogen) atoms. The van der Waals surface area contributed by atoms with E-state index >= 15 is 0 Å². The van der Waals surface area contributed by atoms with Crippen molar-refractivity contribution in [1.82, 2.24) is 4.90 Å². The fraction of sp³-hybridized carbons (Fsp3) is 0.391. The van der Waals surface area contributed by atoms with Gasteiger partial charge in [-0.15, -0.1) is 0 Å². The Morgan fingerprint density at radius 3 is 2.44 bits per heavy atom. The van der Waals surface area contributed by atoms with Crippen LogP contribution in [0.4, 0.5) is 4.39 Å². The number of piperidine rings is 1. The van der Waals surface area contributed by atoms with Crippen molar-refractivity contribution < 1.29 is 14.0 Å². The monoisotopic (exact) mass is 365 g/mol. The molecule has 0 spiro atoms. The summed E-state index contributed by atoms with van der Waals surface area (Å²) in [4.78, 5) is 27.4. The topological polar surface area (TPSA) is 37.4 Å². The lowest BCUT2D eigenvalue weighted by Crippen LogP contribution is -2.37. The van der Waals surface area contributed by atoms with Gasteiger partial charge in [0.2, 0.25) is 0 Å². The SMILES string of the molecule is O=C(c1ccc(F)cc1)C1CCN(CCC2Cc3ccccc3C2=O)CC1. The van der Waals surface area contributed by atoms with E-state index in [-0.39, 0.29) is 29.2 Å². The summed E-state index contributed by atoms with van der Waals surface area (Å²) in [5.74, 6) is 0.207. The Balaban J connectivity index is 1.26. The molecule has 1 aliphatic heterocycles. The number of rotatable bonds is 5. The molecule has 0 bridgehead atoms. The number of hydrogen-bond acceptors (Lipinski definition) is 3. The summed E-state index contributed by atoms with van der Waals surface area (Å²) in [5.41, 5.74) is 2.67. The van der Waals surface area contributed by atoms with E-state index in [0.29, 0.717) is 5.56 Å². The maximum atomic E-state index is 13.0. The number of likely N-dealkylation sites (tertiary alicyclic amines) is 1. The number of halogens is 1. The Hall–Kier alpha value is -2.33. The molecule has 3 nitrogen and oxygen atoms in total. The van der Waals surface area contributed by atoms with Crippen LogP contribution >= 0.6 is 0 Å². The standard InChI is InChI=1S/C23H24FNO2/c24-20-7-5-16(6-8-20)22(26)17-9-12-25(13-10-17)14-11-19-15-18-3-1-2-4-21(18)23(19)27/h1-8,17,19H,9-15H2. The highest BCUT2D eigenvalue weighted by Crippen LogP contribution is 2.29. The predicted octanol–water partition coefficient (Wildman–Crippen LogP) is 4.17. The Bertz CT molecular complexity index is 838. The highest BCUT2D eigenvalue weighted by molar-refractivity contribution is 6.02. The molecule has 140 valence electrons. The average Bonchev–Trinajstić information content (AvgIpc) is 3.03. The fourth-order valence-corrected chi connectivity index (χ4v) is 4.36. The zero-order valence-electron chi connectivity index (χ0n) is 15.4. The molecule has 1 unspecified atom stereocenters. The van der Waals surface area contributed by atoms with Crippen molar-refractivity contribution in [2.75, 3.05) is 19.6 Å². The van der Waals surface area contributed by atoms with Gasteiger partial charge in [-0.25, -0.2) is 4.39 Å². The molecule has 0 saturated carbocycles. The normalized spacial score (nSPS) is 20.6. The van der Waals surface area contributed by atoms with Crippen LogP contribution in [0.5, 0.6) is 0 Å². The van der Waals surface area contributed by atoms with Gasteiger partial charge in [0.1, 0.15) is 5.82 Å². The number of Topliss-reactive ketones (excluding diaryl/α,β-unsaturated/α-hetero) is 2. The summed E-state index contributed by atoms with van der Waals surface area (Å²) >= 11 is 0. The van der Waals surface area contributed by atoms with Crippen LogP contribution in [0.15, 0.2) is 48.5 Å². The highest BCUT2D eigenvalue weighted by Gasteiger charge is 2.31. The molecule has 2 aliphatic rings. The molecule has 0 N–H and O–H groups in total. The first-order valence-electron chi connectivity index (χ1n) is 9.76. The van der Waals surface area contributed by atoms with Gasteiger partial charge in [0.25, 0.3) is 0 Å². The van der Waals surface area contributed by atoms with Crippen LogP contribution in [0, 0.1) is 17.7 Å². The minimum absolute atomic E-state index is 0.0177. The summed E-state index contributed by atoms with van der Waals surface area (Å²) in [6.07, 6.45) is 3.39. The highest BCUT2D eigenvalue weighted by atomic mass is 19.1. The second kappa shape index (κ2) is 7.73. The van der Waals surface area contributed by atoms with Gasteiger partial charge < -0.3 is 4.90 Å². The molecule has 0 aromatic heterocycles. The third-order valence-corrected chi connectivity index (χ3v) is 6.00. The minimum Gasteiger partial charge on any atom is -0.303 e. The van der Waals surface area contributed by atoms with Gasteiger partial charge >= 0.3 is 0 Å². The molecular formula is C23H24FNO2. The van der Waals surface area contributed by atoms with Crippen molar-refractivity contribution in [3.8, 4) is 0 Å². The molecule has 0 amide bonds. The number of carbonyl (C=O) groups is 2. The van der Waals surface area contributed by atoms with Gasteiger partial charge in [0.15, 0.2) is 11.6 Å². The Morgan fingerprint density at radius 2 is 1.74 bits per heavy atom. The molecule has 1 fully saturated rings. The molecule has 2 aromatic rings. The Morgan fingerprint density at radius 1 is 1.04 bits per heavy atom. The Labute approximate surface area is 159 Å². The van der Waals surface area contributed by atoms with Crippen LogP contribution in [0.2, 0.25) is 0 Å². The van der Waals surface area contributed by atoms with Crippen molar-refractivity contribution in [1.29, 1.82) is 0 Å². The molecular weight excluding hydrogens is 341 g/mol. The van der Waals surface area contributed by atoms with Gasteiger partial charge in [-0.3, -0.25) is 9.59 Å². The van der Waals surface area contributed by atoms with E-state index in [0.717, 1.165) is 50.9 Å². The largest absolute Gasteiger partial charge is 0.303 e. The lowest BCUT2D eigenvalue weighted by molar-refractivity contribution is 0.0829. The van der Waals surface area contributed by atoms with Gasteiger partial charge in [-0.1, -0.05) is 24.3 Å². The first-order valence-corrected chi connectivity index (χ1v) is 9.76. The van der Waals surface area contributed by atoms with Crippen LogP contribution < -0.4 is 0 Å². The Kier molecular flexibility index (Phi) is 5.17. The van der Waals surface area contributed by atoms with Crippen molar-refractivity contribution in [2.45, 2.75) is 25.7 Å². The number of nitrogens with zero attached hydrogens (tertiary/aromatic N) is 1. The van der Waals surface area contributed by atoms with Crippen molar-refractivity contribution >= 4 is 11.6 Å². The van der Waals surface area contributed by atoms with Crippen LogP contribution in [0.3, 0.4) is 0 Å². The molecule has 1 heterocycles. The third-order valence-electron chi connectivity index (χ3n) is 6.00. The lowest BCUT2D eigenvalue weighted by Gasteiger charge is -2.31. The van der Waals surface area contributed by atoms with Crippen molar-refractivity contribution in [3.05, 3.63) is 71.0 Å². The molecule has 4 heteroatoms. The minimum atomic E-state index is -0.315. The van der Waals surface area contributed by atoms with E-state index in [2.05, 4.69) is 11.0 Å². The van der Waals surface area contributed by atoms with Gasteiger partial charge in [-0.05, 0) is 75.1 Å². The van der Waals surface area contributed by atoms with E-state index in [4.69, 9.17) is 0 Å². The summed E-state index contributed by atoms with van der Waals surface area (Å²) in [6, 6.07) is 13.8. The van der Waals surface area contributed by atoms with E-state index in [1.165, 1.54) is 17.7 Å². The second-order valence-electron chi connectivity index (χ2n) is 7.70. The van der Waals surface area contributed by atoms with Crippen LogP contribution in [-0.2, 0) is 6.42 Å². The van der Waals surface area contributed by atoms with Crippen molar-refractivity contribution in [2.24, 2.45) is 11.8 Å². The quantitative estimate of drug-likeness (QED) is 0.747. The molecule has 1 aliphatic carbocycles. The number of fused-ring (bicyclic) bond motifs is 1. The smallest absolute Gasteiger partial charge is 0.166 e. The maximum absolute atomic E-state index is 13.0. The van der Waals surface area contributed by atoms with Crippen LogP contribution in [0.1, 0.15) is 45.5 Å². The summed E-state index contributed by atoms with van der Waals surface area (Å²) in [7, 11) is 0. The first kappa shape index (κ1) is 18.1. The zero-order chi connectivity index (χ0) is 18.8. The maximum Gasteiger partial charge on any atom is 0.166 e. The van der Waals surface area contributed by atoms with Crippen LogP contribution in [-0.4, -0.2) is 36.1 Å². The number of hydrogen-bond donors (Lipinski definition) is 0. The fourth-order valence-electron chi connectivity index (χ4n) is 4.36. The molecule has 2 aromatic carbocycles. The number of ketones is 2. The number of carbonyl (C=O) groups excluding carboxylic acids is 2. The summed E-state index contributed by atoms with van der Waals surface area (Å²) in [5, 5.41) is 0. The van der Waals surface area contributed by atoms with Crippen LogP contribution in [0.25, 0.3) is 0 Å². The van der Waals surface area contributed by atoms with Gasteiger partial charge in [0, 0.05) is 23.0 Å². The van der Waals surface area contributed by atoms with Gasteiger partial charge in [0.05, 0.1) is 0 Å². The second-order valence-corrected chi connectivity index (χ2v) is 7.70. The predicted molar refractivity (Wildman–Crippen MR) is 102 cm³/mol. The van der Waals surface area contributed by atoms with E-state index < -0.39 is 0 Å². The van der Waals surface area contributed by atoms with E-state index in [1.54, 1.807) is 12.1 Å². The summed E-state index contributed by atoms with van der Waals surface area (Å²) in [6.45, 7) is 2.67. The molecule has 1 atom stereocenters. The number of benzene rings is 2.